The number of hydrogen-bond acceptors (Lipinski definition) is 7. The van der Waals surface area contributed by atoms with Crippen LogP contribution in [0.2, 0.25) is 0 Å². The molecule has 2 heterocycles. The van der Waals surface area contributed by atoms with Gasteiger partial charge in [0.1, 0.15) is 18.1 Å². The molecule has 0 radical (unpaired) electrons. The number of carbonyl (C=O) groups excluding carboxylic acids is 4. The fourth-order valence-electron chi connectivity index (χ4n) is 4.58. The Balaban J connectivity index is 1.81. The molecule has 1 fully saturated rings. The first-order chi connectivity index (χ1) is 18.5. The Labute approximate surface area is 223 Å². The number of aromatic amines is 1. The molecule has 1 aliphatic rings. The van der Waals surface area contributed by atoms with E-state index in [1.165, 1.54) is 4.90 Å². The fraction of sp³-hybridized carbons (Fsp3) is 0.440. The van der Waals surface area contributed by atoms with Gasteiger partial charge in [-0.15, -0.1) is 0 Å². The summed E-state index contributed by atoms with van der Waals surface area (Å²) >= 11 is 0. The second-order valence-electron chi connectivity index (χ2n) is 9.42. The Hall–Kier alpha value is -4.46. The van der Waals surface area contributed by atoms with Gasteiger partial charge in [-0.05, 0) is 30.9 Å². The number of primary amides is 1. The molecule has 4 atom stereocenters. The minimum absolute atomic E-state index is 0.0186. The summed E-state index contributed by atoms with van der Waals surface area (Å²) in [6.07, 6.45) is 1.49. The van der Waals surface area contributed by atoms with Gasteiger partial charge < -0.3 is 42.2 Å². The van der Waals surface area contributed by atoms with Crippen LogP contribution in [0, 0.1) is 0 Å². The molecule has 3 rings (SSSR count). The van der Waals surface area contributed by atoms with Crippen LogP contribution in [0.3, 0.4) is 0 Å². The number of nitrogens with one attached hydrogen (secondary N) is 3. The minimum atomic E-state index is -1.72. The Morgan fingerprint density at radius 3 is 2.46 bits per heavy atom. The van der Waals surface area contributed by atoms with Gasteiger partial charge in [0.2, 0.25) is 23.6 Å². The van der Waals surface area contributed by atoms with Gasteiger partial charge in [0, 0.05) is 36.5 Å². The van der Waals surface area contributed by atoms with E-state index in [1.54, 1.807) is 12.3 Å². The molecule has 1 aromatic carbocycles. The zero-order valence-corrected chi connectivity index (χ0v) is 21.1. The van der Waals surface area contributed by atoms with Crippen molar-refractivity contribution < 1.29 is 39.0 Å². The highest BCUT2D eigenvalue weighted by Crippen LogP contribution is 2.22. The maximum atomic E-state index is 13.3. The first kappa shape index (κ1) is 29.1. The average Bonchev–Trinajstić information content (AvgIpc) is 3.53. The standard InChI is InChI=1S/C25H32N6O8/c26-15(7-8-20(27)32)24(37)31-9-3-6-19(31)23(36)29-17(22(35)30-18(25(38)39)11-21(33)34)10-13-12-28-16-5-2-1-4-14(13)16/h1-2,4-5,12,15,17-19,28H,3,6-11,26H2,(H2,27,32)(H,29,36)(H,30,35)(H,33,34)(H,38,39). The van der Waals surface area contributed by atoms with Crippen LogP contribution in [-0.2, 0) is 35.2 Å². The molecule has 4 unspecified atom stereocenters. The van der Waals surface area contributed by atoms with Crippen molar-refractivity contribution in [3.63, 3.8) is 0 Å². The highest BCUT2D eigenvalue weighted by molar-refractivity contribution is 5.95. The van der Waals surface area contributed by atoms with E-state index in [2.05, 4.69) is 15.6 Å². The lowest BCUT2D eigenvalue weighted by Gasteiger charge is -2.28. The first-order valence-corrected chi connectivity index (χ1v) is 12.4. The van der Waals surface area contributed by atoms with Crippen molar-refractivity contribution in [2.75, 3.05) is 6.54 Å². The fourth-order valence-corrected chi connectivity index (χ4v) is 4.58. The average molecular weight is 545 g/mol. The molecule has 14 heteroatoms. The number of fused-ring (bicyclic) bond motifs is 1. The van der Waals surface area contributed by atoms with E-state index < -0.39 is 66.2 Å². The highest BCUT2D eigenvalue weighted by atomic mass is 16.4. The SMILES string of the molecule is NC(=O)CCC(N)C(=O)N1CCCC1C(=O)NC(Cc1c[nH]c2ccccc12)C(=O)NC(CC(=O)O)C(=O)O. The second-order valence-corrected chi connectivity index (χ2v) is 9.42. The molecule has 1 aliphatic heterocycles. The van der Waals surface area contributed by atoms with Crippen molar-refractivity contribution >= 4 is 46.5 Å². The number of nitrogens with zero attached hydrogens (tertiary/aromatic N) is 1. The number of carboxylic acid groups (broad SMARTS) is 2. The molecule has 210 valence electrons. The number of benzene rings is 1. The maximum absolute atomic E-state index is 13.3. The normalized spacial score (nSPS) is 17.3. The maximum Gasteiger partial charge on any atom is 0.326 e. The zero-order chi connectivity index (χ0) is 28.7. The molecule has 1 aromatic heterocycles. The predicted molar refractivity (Wildman–Crippen MR) is 137 cm³/mol. The van der Waals surface area contributed by atoms with Crippen LogP contribution >= 0.6 is 0 Å². The van der Waals surface area contributed by atoms with E-state index in [-0.39, 0.29) is 25.8 Å². The van der Waals surface area contributed by atoms with Gasteiger partial charge in [-0.2, -0.15) is 0 Å². The molecule has 9 N–H and O–H groups in total. The van der Waals surface area contributed by atoms with E-state index in [4.69, 9.17) is 16.6 Å². The van der Waals surface area contributed by atoms with Crippen molar-refractivity contribution in [3.8, 4) is 0 Å². The van der Waals surface area contributed by atoms with Gasteiger partial charge in [-0.3, -0.25) is 24.0 Å². The van der Waals surface area contributed by atoms with Crippen molar-refractivity contribution in [1.29, 1.82) is 0 Å². The molecule has 1 saturated heterocycles. The largest absolute Gasteiger partial charge is 0.481 e. The quantitative estimate of drug-likeness (QED) is 0.160. The van der Waals surface area contributed by atoms with Crippen molar-refractivity contribution in [1.82, 2.24) is 20.5 Å². The number of aliphatic carboxylic acids is 2. The number of H-pyrrole nitrogens is 1. The molecular formula is C25H32N6O8. The summed E-state index contributed by atoms with van der Waals surface area (Å²) in [4.78, 5) is 77.5. The summed E-state index contributed by atoms with van der Waals surface area (Å²) in [7, 11) is 0. The number of nitrogens with two attached hydrogens (primary N) is 2. The van der Waals surface area contributed by atoms with Gasteiger partial charge in [0.25, 0.3) is 0 Å². The van der Waals surface area contributed by atoms with E-state index in [0.29, 0.717) is 18.4 Å². The zero-order valence-electron chi connectivity index (χ0n) is 21.1. The number of carboxylic acids is 2. The smallest absolute Gasteiger partial charge is 0.326 e. The molecular weight excluding hydrogens is 512 g/mol. The lowest BCUT2D eigenvalue weighted by Crippen LogP contribution is -2.57. The van der Waals surface area contributed by atoms with Crippen LogP contribution in [0.4, 0.5) is 0 Å². The van der Waals surface area contributed by atoms with Crippen LogP contribution in [0.25, 0.3) is 10.9 Å². The monoisotopic (exact) mass is 544 g/mol. The van der Waals surface area contributed by atoms with Crippen LogP contribution in [0.15, 0.2) is 30.5 Å². The Morgan fingerprint density at radius 1 is 1.08 bits per heavy atom. The molecule has 39 heavy (non-hydrogen) atoms. The van der Waals surface area contributed by atoms with Crippen LogP contribution < -0.4 is 22.1 Å². The molecule has 0 saturated carbocycles. The number of carbonyl (C=O) groups is 6. The number of hydrogen-bond donors (Lipinski definition) is 7. The Bertz CT molecular complexity index is 1260. The molecule has 0 aliphatic carbocycles. The van der Waals surface area contributed by atoms with E-state index >= 15 is 0 Å². The number of amides is 4. The third-order valence-corrected chi connectivity index (χ3v) is 6.58. The first-order valence-electron chi connectivity index (χ1n) is 12.4. The lowest BCUT2D eigenvalue weighted by molar-refractivity contribution is -0.147. The van der Waals surface area contributed by atoms with Gasteiger partial charge in [0.05, 0.1) is 12.5 Å². The minimum Gasteiger partial charge on any atom is -0.481 e. The molecule has 0 bridgehead atoms. The number of para-hydroxylation sites is 1. The number of aromatic nitrogens is 1. The third kappa shape index (κ3) is 7.54. The van der Waals surface area contributed by atoms with Crippen LogP contribution in [0.5, 0.6) is 0 Å². The Kier molecular flexibility index (Phi) is 9.60. The summed E-state index contributed by atoms with van der Waals surface area (Å²) < 4.78 is 0. The molecule has 14 nitrogen and oxygen atoms in total. The van der Waals surface area contributed by atoms with Crippen molar-refractivity contribution in [2.24, 2.45) is 11.5 Å². The molecule has 2 aromatic rings. The summed E-state index contributed by atoms with van der Waals surface area (Å²) in [6, 6.07) is 2.27. The molecule has 4 amide bonds. The molecule has 0 spiro atoms. The highest BCUT2D eigenvalue weighted by Gasteiger charge is 2.38. The van der Waals surface area contributed by atoms with Gasteiger partial charge in [-0.1, -0.05) is 18.2 Å². The van der Waals surface area contributed by atoms with Crippen molar-refractivity contribution in [3.05, 3.63) is 36.0 Å². The van der Waals surface area contributed by atoms with Crippen LogP contribution in [-0.4, -0.2) is 86.4 Å². The predicted octanol–water partition coefficient (Wildman–Crippen LogP) is -1.18. The van der Waals surface area contributed by atoms with Crippen molar-refractivity contribution in [2.45, 2.75) is 62.7 Å². The lowest BCUT2D eigenvalue weighted by atomic mass is 10.0. The summed E-state index contributed by atoms with van der Waals surface area (Å²) in [5, 5.41) is 24.0. The summed E-state index contributed by atoms with van der Waals surface area (Å²) in [6.45, 7) is 0.250. The Morgan fingerprint density at radius 2 is 1.79 bits per heavy atom. The number of likely N-dealkylation sites (tertiary alicyclic amines) is 1. The summed E-state index contributed by atoms with van der Waals surface area (Å²) in [5.41, 5.74) is 12.5. The van der Waals surface area contributed by atoms with E-state index in [9.17, 15) is 33.9 Å². The van der Waals surface area contributed by atoms with Gasteiger partial charge in [0.15, 0.2) is 0 Å². The summed E-state index contributed by atoms with van der Waals surface area (Å²) in [5.74, 6) is -5.64. The second kappa shape index (κ2) is 12.9. The van der Waals surface area contributed by atoms with Crippen LogP contribution in [0.1, 0.15) is 37.7 Å². The van der Waals surface area contributed by atoms with Gasteiger partial charge in [-0.25, -0.2) is 4.79 Å². The van der Waals surface area contributed by atoms with E-state index in [0.717, 1.165) is 10.9 Å². The topological polar surface area (TPSA) is 238 Å². The van der Waals surface area contributed by atoms with E-state index in [1.807, 2.05) is 18.2 Å². The third-order valence-electron chi connectivity index (χ3n) is 6.58. The van der Waals surface area contributed by atoms with Gasteiger partial charge >= 0.3 is 11.9 Å². The number of rotatable bonds is 13.